The number of aliphatic hydroxyl groups excluding tert-OH is 1. The minimum absolute atomic E-state index is 0.128. The van der Waals surface area contributed by atoms with Gasteiger partial charge in [-0.3, -0.25) is 0 Å². The second-order valence-corrected chi connectivity index (χ2v) is 4.45. The Kier molecular flexibility index (Phi) is 4.75. The van der Waals surface area contributed by atoms with Crippen molar-refractivity contribution in [3.05, 3.63) is 59.4 Å². The molecule has 0 aliphatic carbocycles. The van der Waals surface area contributed by atoms with Crippen LogP contribution in [0.3, 0.4) is 0 Å². The molecular weight excluding hydrogens is 271 g/mol. The zero-order valence-corrected chi connectivity index (χ0v) is 11.5. The molecule has 0 amide bonds. The highest BCUT2D eigenvalue weighted by Gasteiger charge is 2.13. The normalized spacial score (nSPS) is 11.5. The van der Waals surface area contributed by atoms with E-state index < -0.39 is 11.9 Å². The zero-order valence-electron chi connectivity index (χ0n) is 11.5. The molecule has 0 radical (unpaired) electrons. The lowest BCUT2D eigenvalue weighted by molar-refractivity contribution is 0.186. The highest BCUT2D eigenvalue weighted by molar-refractivity contribution is 5.59. The summed E-state index contributed by atoms with van der Waals surface area (Å²) in [4.78, 5) is 0. The number of halogens is 1. The van der Waals surface area contributed by atoms with E-state index >= 15 is 0 Å². The van der Waals surface area contributed by atoms with E-state index in [4.69, 9.17) is 10.00 Å². The van der Waals surface area contributed by atoms with Crippen molar-refractivity contribution < 1.29 is 14.2 Å². The number of nitrogens with one attached hydrogen (secondary N) is 1. The van der Waals surface area contributed by atoms with Crippen LogP contribution >= 0.6 is 0 Å². The van der Waals surface area contributed by atoms with Gasteiger partial charge in [0.2, 0.25) is 0 Å². The van der Waals surface area contributed by atoms with Crippen LogP contribution in [0.2, 0.25) is 0 Å². The summed E-state index contributed by atoms with van der Waals surface area (Å²) in [5, 5.41) is 21.9. The Labute approximate surface area is 122 Å². The largest absolute Gasteiger partial charge is 0.495 e. The van der Waals surface area contributed by atoms with Crippen molar-refractivity contribution in [1.82, 2.24) is 0 Å². The van der Waals surface area contributed by atoms with Crippen LogP contribution in [0.1, 0.15) is 17.2 Å². The summed E-state index contributed by atoms with van der Waals surface area (Å²) < 4.78 is 18.7. The van der Waals surface area contributed by atoms with Gasteiger partial charge in [0, 0.05) is 18.2 Å². The smallest absolute Gasteiger partial charge is 0.143 e. The topological polar surface area (TPSA) is 65.3 Å². The molecule has 5 heteroatoms. The number of aliphatic hydroxyl groups is 1. The third-order valence-electron chi connectivity index (χ3n) is 3.08. The third kappa shape index (κ3) is 3.50. The Hall–Kier alpha value is -2.58. The van der Waals surface area contributed by atoms with Crippen molar-refractivity contribution in [1.29, 1.82) is 5.26 Å². The van der Waals surface area contributed by atoms with Crippen LogP contribution in [0, 0.1) is 17.1 Å². The fraction of sp³-hybridized carbons (Fsp3) is 0.188. The van der Waals surface area contributed by atoms with E-state index in [1.165, 1.54) is 19.2 Å². The number of nitriles is 1. The SMILES string of the molecule is COc1cc(C#N)ccc1NCC(O)c1ccccc1F. The molecule has 0 aromatic heterocycles. The van der Waals surface area contributed by atoms with Crippen molar-refractivity contribution in [2.45, 2.75) is 6.10 Å². The monoisotopic (exact) mass is 286 g/mol. The molecule has 2 N–H and O–H groups in total. The summed E-state index contributed by atoms with van der Waals surface area (Å²) in [6, 6.07) is 13.0. The van der Waals surface area contributed by atoms with Crippen molar-refractivity contribution in [3.63, 3.8) is 0 Å². The molecule has 108 valence electrons. The maximum atomic E-state index is 13.6. The van der Waals surface area contributed by atoms with Gasteiger partial charge in [-0.05, 0) is 18.2 Å². The van der Waals surface area contributed by atoms with Gasteiger partial charge in [-0.25, -0.2) is 4.39 Å². The first-order valence-corrected chi connectivity index (χ1v) is 6.40. The van der Waals surface area contributed by atoms with Gasteiger partial charge in [0.1, 0.15) is 11.6 Å². The third-order valence-corrected chi connectivity index (χ3v) is 3.08. The molecule has 1 unspecified atom stereocenters. The average Bonchev–Trinajstić information content (AvgIpc) is 2.52. The summed E-state index contributed by atoms with van der Waals surface area (Å²) in [6.07, 6.45) is -0.980. The molecule has 0 heterocycles. The summed E-state index contributed by atoms with van der Waals surface area (Å²) in [6.45, 7) is 0.128. The maximum absolute atomic E-state index is 13.6. The first-order valence-electron chi connectivity index (χ1n) is 6.40. The van der Waals surface area contributed by atoms with Crippen molar-refractivity contribution in [3.8, 4) is 11.8 Å². The summed E-state index contributed by atoms with van der Waals surface area (Å²) in [7, 11) is 1.50. The fourth-order valence-corrected chi connectivity index (χ4v) is 1.97. The number of methoxy groups -OCH3 is 1. The predicted molar refractivity (Wildman–Crippen MR) is 77.6 cm³/mol. The van der Waals surface area contributed by atoms with Crippen LogP contribution < -0.4 is 10.1 Å². The summed E-state index contributed by atoms with van der Waals surface area (Å²) in [5.41, 5.74) is 1.34. The van der Waals surface area contributed by atoms with E-state index in [0.29, 0.717) is 17.0 Å². The molecule has 0 aliphatic rings. The molecule has 2 aromatic rings. The van der Waals surface area contributed by atoms with E-state index in [2.05, 4.69) is 5.32 Å². The van der Waals surface area contributed by atoms with Crippen molar-refractivity contribution >= 4 is 5.69 Å². The van der Waals surface area contributed by atoms with Gasteiger partial charge in [0.15, 0.2) is 0 Å². The molecule has 1 atom stereocenters. The van der Waals surface area contributed by atoms with E-state index in [1.807, 2.05) is 6.07 Å². The first kappa shape index (κ1) is 14.8. The Bertz CT molecular complexity index is 668. The molecule has 0 aliphatic heterocycles. The molecule has 0 saturated heterocycles. The van der Waals surface area contributed by atoms with Gasteiger partial charge < -0.3 is 15.2 Å². The van der Waals surface area contributed by atoms with Gasteiger partial charge in [-0.2, -0.15) is 5.26 Å². The molecule has 2 rings (SSSR count). The number of anilines is 1. The highest BCUT2D eigenvalue weighted by Crippen LogP contribution is 2.26. The van der Waals surface area contributed by atoms with E-state index in [9.17, 15) is 9.50 Å². The van der Waals surface area contributed by atoms with Gasteiger partial charge in [0.25, 0.3) is 0 Å². The Morgan fingerprint density at radius 1 is 1.33 bits per heavy atom. The van der Waals surface area contributed by atoms with Crippen molar-refractivity contribution in [2.75, 3.05) is 19.0 Å². The highest BCUT2D eigenvalue weighted by atomic mass is 19.1. The average molecular weight is 286 g/mol. The number of rotatable bonds is 5. The lowest BCUT2D eigenvalue weighted by atomic mass is 10.1. The van der Waals surface area contributed by atoms with Crippen LogP contribution in [0.25, 0.3) is 0 Å². The van der Waals surface area contributed by atoms with Crippen LogP contribution in [0.15, 0.2) is 42.5 Å². The lowest BCUT2D eigenvalue weighted by Crippen LogP contribution is -2.14. The van der Waals surface area contributed by atoms with Gasteiger partial charge >= 0.3 is 0 Å². The van der Waals surface area contributed by atoms with Crippen LogP contribution in [0.5, 0.6) is 5.75 Å². The number of hydrogen-bond acceptors (Lipinski definition) is 4. The first-order chi connectivity index (χ1) is 10.2. The molecule has 0 saturated carbocycles. The Balaban J connectivity index is 2.10. The van der Waals surface area contributed by atoms with Gasteiger partial charge in [-0.1, -0.05) is 18.2 Å². The fourth-order valence-electron chi connectivity index (χ4n) is 1.97. The second kappa shape index (κ2) is 6.73. The summed E-state index contributed by atoms with van der Waals surface area (Å²) >= 11 is 0. The second-order valence-electron chi connectivity index (χ2n) is 4.45. The standard InChI is InChI=1S/C16H15FN2O2/c1-21-16-8-11(9-18)6-7-14(16)19-10-15(20)12-4-2-3-5-13(12)17/h2-8,15,19-20H,10H2,1H3. The predicted octanol–water partition coefficient (Wildman–Crippen LogP) is 2.85. The number of ether oxygens (including phenoxy) is 1. The van der Waals surface area contributed by atoms with Crippen LogP contribution in [-0.2, 0) is 0 Å². The minimum atomic E-state index is -0.980. The number of nitrogens with zero attached hydrogens (tertiary/aromatic N) is 1. The quantitative estimate of drug-likeness (QED) is 0.887. The van der Waals surface area contributed by atoms with Crippen LogP contribution in [-0.4, -0.2) is 18.8 Å². The lowest BCUT2D eigenvalue weighted by Gasteiger charge is -2.16. The zero-order chi connectivity index (χ0) is 15.2. The van der Waals surface area contributed by atoms with Gasteiger partial charge in [-0.15, -0.1) is 0 Å². The Morgan fingerprint density at radius 3 is 2.76 bits per heavy atom. The molecule has 0 bridgehead atoms. The maximum Gasteiger partial charge on any atom is 0.143 e. The minimum Gasteiger partial charge on any atom is -0.495 e. The molecule has 21 heavy (non-hydrogen) atoms. The van der Waals surface area contributed by atoms with Gasteiger partial charge in [0.05, 0.1) is 30.5 Å². The number of benzene rings is 2. The molecule has 0 fully saturated rings. The van der Waals surface area contributed by atoms with Crippen LogP contribution in [0.4, 0.5) is 10.1 Å². The Morgan fingerprint density at radius 2 is 2.10 bits per heavy atom. The number of hydrogen-bond donors (Lipinski definition) is 2. The molecule has 2 aromatic carbocycles. The summed E-state index contributed by atoms with van der Waals surface area (Å²) in [5.74, 6) is 0.0494. The molecule has 0 spiro atoms. The molecular formula is C16H15FN2O2. The van der Waals surface area contributed by atoms with E-state index in [1.54, 1.807) is 30.3 Å². The van der Waals surface area contributed by atoms with Crippen molar-refractivity contribution in [2.24, 2.45) is 0 Å². The van der Waals surface area contributed by atoms with E-state index in [0.717, 1.165) is 0 Å². The van der Waals surface area contributed by atoms with E-state index in [-0.39, 0.29) is 12.1 Å². The molecule has 4 nitrogen and oxygen atoms in total.